The summed E-state index contributed by atoms with van der Waals surface area (Å²) in [4.78, 5) is 0. The molecule has 0 atom stereocenters. The first-order valence-corrected chi connectivity index (χ1v) is 3.47. The molecule has 0 aliphatic heterocycles. The summed E-state index contributed by atoms with van der Waals surface area (Å²) >= 11 is 0. The predicted molar refractivity (Wildman–Crippen MR) is 42.8 cm³/mol. The molecule has 0 bridgehead atoms. The van der Waals surface area contributed by atoms with Gasteiger partial charge >= 0.3 is 0 Å². The number of fused-ring (bicyclic) bond motifs is 1. The van der Waals surface area contributed by atoms with E-state index in [4.69, 9.17) is 0 Å². The molecule has 0 radical (unpaired) electrons. The van der Waals surface area contributed by atoms with Gasteiger partial charge in [0.25, 0.3) is 0 Å². The molecular formula is C10H8. The van der Waals surface area contributed by atoms with Gasteiger partial charge in [0.2, 0.25) is 0 Å². The zero-order chi connectivity index (χ0) is 6.81. The van der Waals surface area contributed by atoms with Crippen molar-refractivity contribution in [2.45, 2.75) is 6.42 Å². The number of benzene rings is 1. The second-order valence-corrected chi connectivity index (χ2v) is 2.38. The van der Waals surface area contributed by atoms with Gasteiger partial charge in [-0.25, -0.2) is 0 Å². The van der Waals surface area contributed by atoms with E-state index in [0.29, 0.717) is 0 Å². The van der Waals surface area contributed by atoms with Gasteiger partial charge in [0.05, 0.1) is 0 Å². The maximum atomic E-state index is 3.21. The van der Waals surface area contributed by atoms with Gasteiger partial charge in [-0.05, 0) is 23.8 Å². The lowest BCUT2D eigenvalue weighted by Gasteiger charge is -1.90. The fraction of sp³-hybridized carbons (Fsp3) is 0.100. The Hall–Kier alpha value is -1.26. The largest absolute Gasteiger partial charge is 0.116 e. The molecule has 0 fully saturated rings. The van der Waals surface area contributed by atoms with Gasteiger partial charge in [-0.15, -0.1) is 5.73 Å². The minimum absolute atomic E-state index is 1.02. The van der Waals surface area contributed by atoms with Crippen LogP contribution in [0.3, 0.4) is 0 Å². The highest BCUT2D eigenvalue weighted by molar-refractivity contribution is 5.38. The molecule has 0 N–H and O–H groups in total. The fourth-order valence-corrected chi connectivity index (χ4v) is 1.16. The molecule has 1 aromatic rings. The minimum Gasteiger partial charge on any atom is -0.116 e. The SMILES string of the molecule is C1=CCC=c2ccccc2=1. The van der Waals surface area contributed by atoms with Crippen molar-refractivity contribution in [2.24, 2.45) is 0 Å². The molecule has 0 amide bonds. The van der Waals surface area contributed by atoms with Crippen molar-refractivity contribution in [3.05, 3.63) is 40.8 Å². The molecule has 10 heavy (non-hydrogen) atoms. The Labute approximate surface area is 59.8 Å². The third-order valence-corrected chi connectivity index (χ3v) is 1.67. The Balaban J connectivity index is 3.01. The van der Waals surface area contributed by atoms with Crippen LogP contribution in [0.15, 0.2) is 30.3 Å². The topological polar surface area (TPSA) is 0 Å². The minimum atomic E-state index is 1.02. The molecule has 1 aromatic carbocycles. The summed E-state index contributed by atoms with van der Waals surface area (Å²) in [5.41, 5.74) is 3.21. The highest BCUT2D eigenvalue weighted by Gasteiger charge is 1.84. The fourth-order valence-electron chi connectivity index (χ4n) is 1.16. The molecule has 0 unspecified atom stereocenters. The van der Waals surface area contributed by atoms with Gasteiger partial charge in [0.15, 0.2) is 0 Å². The van der Waals surface area contributed by atoms with Crippen molar-refractivity contribution in [3.63, 3.8) is 0 Å². The van der Waals surface area contributed by atoms with Gasteiger partial charge in [-0.2, -0.15) is 0 Å². The van der Waals surface area contributed by atoms with Crippen LogP contribution in [-0.4, -0.2) is 0 Å². The van der Waals surface area contributed by atoms with Gasteiger partial charge in [0.1, 0.15) is 0 Å². The number of allylic oxidation sites excluding steroid dienone is 1. The summed E-state index contributed by atoms with van der Waals surface area (Å²) in [6.07, 6.45) is 5.30. The van der Waals surface area contributed by atoms with Crippen LogP contribution in [0.1, 0.15) is 6.42 Å². The molecule has 48 valence electrons. The van der Waals surface area contributed by atoms with E-state index in [1.807, 2.05) is 6.07 Å². The summed E-state index contributed by atoms with van der Waals surface area (Å²) in [5, 5.41) is 2.53. The number of hydrogen-bond donors (Lipinski definition) is 0. The zero-order valence-electron chi connectivity index (χ0n) is 5.67. The van der Waals surface area contributed by atoms with Crippen LogP contribution in [0.2, 0.25) is 0 Å². The predicted octanol–water partition coefficient (Wildman–Crippen LogP) is 0.806. The second-order valence-electron chi connectivity index (χ2n) is 2.38. The normalized spacial score (nSPS) is 13.2. The first-order valence-electron chi connectivity index (χ1n) is 3.47. The Kier molecular flexibility index (Phi) is 1.20. The van der Waals surface area contributed by atoms with Crippen LogP contribution in [-0.2, 0) is 0 Å². The molecule has 2 rings (SSSR count). The van der Waals surface area contributed by atoms with E-state index in [0.717, 1.165) is 6.42 Å². The van der Waals surface area contributed by atoms with Gasteiger partial charge in [-0.3, -0.25) is 0 Å². The van der Waals surface area contributed by atoms with E-state index in [2.05, 4.69) is 36.1 Å². The lowest BCUT2D eigenvalue weighted by atomic mass is 10.1. The first kappa shape index (κ1) is 5.52. The van der Waals surface area contributed by atoms with E-state index in [1.165, 1.54) is 10.4 Å². The molecule has 0 spiro atoms. The first-order chi connectivity index (χ1) is 4.97. The second kappa shape index (κ2) is 2.17. The summed E-state index contributed by atoms with van der Waals surface area (Å²) in [7, 11) is 0. The molecule has 0 nitrogen and oxygen atoms in total. The van der Waals surface area contributed by atoms with Gasteiger partial charge < -0.3 is 0 Å². The van der Waals surface area contributed by atoms with Crippen molar-refractivity contribution in [1.29, 1.82) is 0 Å². The van der Waals surface area contributed by atoms with E-state index in [-0.39, 0.29) is 0 Å². The Bertz CT molecular complexity index is 379. The van der Waals surface area contributed by atoms with Crippen LogP contribution in [0, 0.1) is 0 Å². The smallest absolute Gasteiger partial charge is 0.0230 e. The van der Waals surface area contributed by atoms with Crippen LogP contribution < -0.4 is 10.4 Å². The van der Waals surface area contributed by atoms with E-state index >= 15 is 0 Å². The Morgan fingerprint density at radius 1 is 1.20 bits per heavy atom. The lowest BCUT2D eigenvalue weighted by molar-refractivity contribution is 1.41. The maximum Gasteiger partial charge on any atom is 0.0230 e. The van der Waals surface area contributed by atoms with E-state index in [1.54, 1.807) is 0 Å². The van der Waals surface area contributed by atoms with Crippen LogP contribution in [0.4, 0.5) is 0 Å². The number of rotatable bonds is 0. The highest BCUT2D eigenvalue weighted by atomic mass is 13.9. The van der Waals surface area contributed by atoms with E-state index < -0.39 is 0 Å². The standard InChI is InChI=1S/C10H8/c1-2-6-10-8-4-3-7-9(10)5-1/h1-3,5-6,8H,4H2. The van der Waals surface area contributed by atoms with Crippen LogP contribution >= 0.6 is 0 Å². The molecule has 1 aliphatic rings. The zero-order valence-corrected chi connectivity index (χ0v) is 5.67. The third-order valence-electron chi connectivity index (χ3n) is 1.67. The monoisotopic (exact) mass is 128 g/mol. The van der Waals surface area contributed by atoms with Crippen molar-refractivity contribution in [2.75, 3.05) is 0 Å². The average Bonchev–Trinajstić information content (AvgIpc) is 2.05. The maximum absolute atomic E-state index is 3.21. The van der Waals surface area contributed by atoms with Crippen molar-refractivity contribution in [1.82, 2.24) is 0 Å². The van der Waals surface area contributed by atoms with E-state index in [9.17, 15) is 0 Å². The third kappa shape index (κ3) is 0.792. The van der Waals surface area contributed by atoms with Crippen molar-refractivity contribution < 1.29 is 0 Å². The summed E-state index contributed by atoms with van der Waals surface area (Å²) in [6.45, 7) is 0. The molecular weight excluding hydrogens is 120 g/mol. The summed E-state index contributed by atoms with van der Waals surface area (Å²) < 4.78 is 0. The molecule has 0 heteroatoms. The highest BCUT2D eigenvalue weighted by Crippen LogP contribution is 1.84. The number of hydrogen-bond acceptors (Lipinski definition) is 0. The lowest BCUT2D eigenvalue weighted by Crippen LogP contribution is -2.23. The molecule has 0 aromatic heterocycles. The Morgan fingerprint density at radius 2 is 2.10 bits per heavy atom. The van der Waals surface area contributed by atoms with Crippen molar-refractivity contribution in [3.8, 4) is 0 Å². The molecule has 0 heterocycles. The molecule has 0 saturated heterocycles. The van der Waals surface area contributed by atoms with Crippen molar-refractivity contribution >= 4 is 11.8 Å². The quantitative estimate of drug-likeness (QED) is 0.485. The Morgan fingerprint density at radius 3 is 3.00 bits per heavy atom. The summed E-state index contributed by atoms with van der Waals surface area (Å²) in [5.74, 6) is 0. The van der Waals surface area contributed by atoms with Gasteiger partial charge in [-0.1, -0.05) is 24.3 Å². The molecule has 1 aliphatic carbocycles. The van der Waals surface area contributed by atoms with Crippen LogP contribution in [0.25, 0.3) is 11.8 Å². The van der Waals surface area contributed by atoms with Crippen LogP contribution in [0.5, 0.6) is 0 Å². The average molecular weight is 128 g/mol. The summed E-state index contributed by atoms with van der Waals surface area (Å²) in [6, 6.07) is 8.30. The molecule has 0 saturated carbocycles. The van der Waals surface area contributed by atoms with Gasteiger partial charge in [0, 0.05) is 5.22 Å².